The van der Waals surface area contributed by atoms with Gasteiger partial charge in [-0.2, -0.15) is 4.57 Å². The molecule has 0 aliphatic carbocycles. The van der Waals surface area contributed by atoms with Crippen LogP contribution in [0.4, 0.5) is 0 Å². The molecule has 0 N–H and O–H groups in total. The van der Waals surface area contributed by atoms with E-state index in [9.17, 15) is 0 Å². The van der Waals surface area contributed by atoms with E-state index in [1.807, 2.05) is 0 Å². The van der Waals surface area contributed by atoms with Gasteiger partial charge >= 0.3 is 0 Å². The van der Waals surface area contributed by atoms with E-state index in [-0.39, 0.29) is 0 Å². The third-order valence-corrected chi connectivity index (χ3v) is 6.60. The zero-order valence-corrected chi connectivity index (χ0v) is 17.3. The molecule has 0 spiro atoms. The van der Waals surface area contributed by atoms with Gasteiger partial charge in [-0.25, -0.2) is 0 Å². The van der Waals surface area contributed by atoms with Gasteiger partial charge in [0.2, 0.25) is 11.3 Å². The van der Waals surface area contributed by atoms with Crippen LogP contribution in [-0.2, 0) is 13.5 Å². The highest BCUT2D eigenvalue weighted by molar-refractivity contribution is 7.17. The quantitative estimate of drug-likeness (QED) is 0.323. The number of thiophene rings is 1. The van der Waals surface area contributed by atoms with Gasteiger partial charge in [0, 0.05) is 17.5 Å². The number of hydrogen-bond acceptors (Lipinski definition) is 2. The van der Waals surface area contributed by atoms with E-state index < -0.39 is 0 Å². The Kier molecular flexibility index (Phi) is 3.60. The van der Waals surface area contributed by atoms with Crippen LogP contribution in [-0.4, -0.2) is 0 Å². The Bertz CT molecular complexity index is 1230. The molecule has 0 bridgehead atoms. The fourth-order valence-corrected chi connectivity index (χ4v) is 5.27. The third-order valence-electron chi connectivity index (χ3n) is 5.75. The first-order valence-electron chi connectivity index (χ1n) is 9.59. The first kappa shape index (κ1) is 16.8. The van der Waals surface area contributed by atoms with Crippen LogP contribution in [0.3, 0.4) is 0 Å². The molecule has 2 nitrogen and oxygen atoms in total. The summed E-state index contributed by atoms with van der Waals surface area (Å²) in [5, 5.41) is 4.70. The lowest BCUT2D eigenvalue weighted by Crippen LogP contribution is -2.33. The summed E-state index contributed by atoms with van der Waals surface area (Å²) in [5.74, 6) is 2.60. The molecule has 0 amide bonds. The minimum absolute atomic E-state index is 0.625. The van der Waals surface area contributed by atoms with E-state index in [1.165, 1.54) is 48.9 Å². The van der Waals surface area contributed by atoms with Crippen LogP contribution in [0, 0.1) is 19.8 Å². The van der Waals surface area contributed by atoms with Gasteiger partial charge in [-0.05, 0) is 59.7 Å². The minimum atomic E-state index is 0.625. The van der Waals surface area contributed by atoms with Crippen molar-refractivity contribution in [2.75, 3.05) is 0 Å². The van der Waals surface area contributed by atoms with Crippen molar-refractivity contribution < 1.29 is 9.30 Å². The average molecular weight is 375 g/mol. The molecule has 5 rings (SSSR count). The second-order valence-corrected chi connectivity index (χ2v) is 9.12. The summed E-state index contributed by atoms with van der Waals surface area (Å²) < 4.78 is 10.1. The first-order chi connectivity index (χ1) is 12.9. The van der Waals surface area contributed by atoms with Crippen LogP contribution < -0.4 is 9.30 Å². The number of rotatable bonds is 2. The van der Waals surface area contributed by atoms with E-state index in [4.69, 9.17) is 4.74 Å². The molecule has 27 heavy (non-hydrogen) atoms. The maximum Gasteiger partial charge on any atom is 0.256 e. The molecule has 0 atom stereocenters. The van der Waals surface area contributed by atoms with Crippen molar-refractivity contribution in [3.63, 3.8) is 0 Å². The second-order valence-electron chi connectivity index (χ2n) is 8.17. The number of ether oxygens (including phenoxy) is 1. The molecular weight excluding hydrogens is 350 g/mol. The molecule has 0 fully saturated rings. The van der Waals surface area contributed by atoms with Crippen LogP contribution in [0.5, 0.6) is 11.5 Å². The first-order valence-corrected chi connectivity index (χ1v) is 10.5. The van der Waals surface area contributed by atoms with Crippen molar-refractivity contribution in [1.29, 1.82) is 0 Å². The molecule has 0 saturated heterocycles. The van der Waals surface area contributed by atoms with Gasteiger partial charge < -0.3 is 4.74 Å². The van der Waals surface area contributed by atoms with Crippen LogP contribution in [0.15, 0.2) is 35.7 Å². The lowest BCUT2D eigenvalue weighted by molar-refractivity contribution is -0.633. The molecule has 136 valence electrons. The average Bonchev–Trinajstić information content (AvgIpc) is 3.06. The zero-order chi connectivity index (χ0) is 18.9. The van der Waals surface area contributed by atoms with Crippen LogP contribution in [0.25, 0.3) is 32.2 Å². The summed E-state index contributed by atoms with van der Waals surface area (Å²) in [5.41, 5.74) is 7.81. The summed E-state index contributed by atoms with van der Waals surface area (Å²) >= 11 is 1.77. The predicted molar refractivity (Wildman–Crippen MR) is 114 cm³/mol. The molecule has 1 aliphatic heterocycles. The number of nitrogens with zero attached hydrogens (tertiary/aromatic N) is 1. The Hall–Kier alpha value is -2.39. The molecule has 0 unspecified atom stereocenters. The highest BCUT2D eigenvalue weighted by Gasteiger charge is 2.32. The highest BCUT2D eigenvalue weighted by atomic mass is 32.1. The predicted octanol–water partition coefficient (Wildman–Crippen LogP) is 6.47. The topological polar surface area (TPSA) is 13.1 Å². The minimum Gasteiger partial charge on any atom is -0.450 e. The molecule has 0 radical (unpaired) electrons. The van der Waals surface area contributed by atoms with E-state index >= 15 is 0 Å². The number of hydrogen-bond donors (Lipinski definition) is 0. The summed E-state index contributed by atoms with van der Waals surface area (Å²) in [4.78, 5) is 0. The Balaban J connectivity index is 1.91. The molecule has 3 heterocycles. The van der Waals surface area contributed by atoms with Crippen molar-refractivity contribution in [2.24, 2.45) is 13.0 Å². The SMILES string of the molecule is Cc1cc2cc(CC(C)C)cc3c2c(c1C)-c1c(cc2sccc2[n+]1C)O3. The molecule has 3 heteroatoms. The van der Waals surface area contributed by atoms with Crippen LogP contribution in [0.2, 0.25) is 0 Å². The second kappa shape index (κ2) is 5.80. The molecule has 0 saturated carbocycles. The number of benzene rings is 2. The highest BCUT2D eigenvalue weighted by Crippen LogP contribution is 2.48. The fourth-order valence-electron chi connectivity index (χ4n) is 4.43. The molecule has 4 aromatic rings. The van der Waals surface area contributed by atoms with E-state index in [1.54, 1.807) is 11.3 Å². The van der Waals surface area contributed by atoms with Crippen molar-refractivity contribution >= 4 is 32.3 Å². The number of pyridine rings is 1. The third kappa shape index (κ3) is 2.41. The number of aryl methyl sites for hydroxylation is 2. The summed E-state index contributed by atoms with van der Waals surface area (Å²) in [7, 11) is 2.16. The monoisotopic (exact) mass is 374 g/mol. The number of aromatic nitrogens is 1. The van der Waals surface area contributed by atoms with Gasteiger partial charge in [0.1, 0.15) is 17.5 Å². The standard InChI is InChI=1S/C24H24NOS/c1-13(2)8-16-10-17-9-14(3)15(4)22-23(17)19(11-16)26-20-12-21-18(6-7-27-21)25(5)24(20)22/h6-7,9-13H,8H2,1-5H3/q+1. The molecular formula is C24H24NOS+. The van der Waals surface area contributed by atoms with Crippen molar-refractivity contribution in [3.05, 3.63) is 52.4 Å². The van der Waals surface area contributed by atoms with Crippen molar-refractivity contribution in [2.45, 2.75) is 34.1 Å². The van der Waals surface area contributed by atoms with Crippen LogP contribution >= 0.6 is 11.3 Å². The smallest absolute Gasteiger partial charge is 0.256 e. The van der Waals surface area contributed by atoms with Gasteiger partial charge in [-0.1, -0.05) is 26.0 Å². The van der Waals surface area contributed by atoms with E-state index in [0.717, 1.165) is 17.9 Å². The Morgan fingerprint density at radius 1 is 1.07 bits per heavy atom. The summed E-state index contributed by atoms with van der Waals surface area (Å²) in [6.07, 6.45) is 1.07. The normalized spacial score (nSPS) is 12.7. The van der Waals surface area contributed by atoms with Crippen molar-refractivity contribution in [1.82, 2.24) is 0 Å². The van der Waals surface area contributed by atoms with Gasteiger partial charge in [0.15, 0.2) is 0 Å². The van der Waals surface area contributed by atoms with Crippen molar-refractivity contribution in [3.8, 4) is 22.8 Å². The molecule has 1 aliphatic rings. The molecule has 2 aromatic carbocycles. The fraction of sp³-hybridized carbons (Fsp3) is 0.292. The Morgan fingerprint density at radius 2 is 1.89 bits per heavy atom. The van der Waals surface area contributed by atoms with E-state index in [0.29, 0.717) is 5.92 Å². The van der Waals surface area contributed by atoms with Gasteiger partial charge in [-0.3, -0.25) is 0 Å². The number of fused-ring (bicyclic) bond motifs is 3. The maximum atomic E-state index is 6.51. The van der Waals surface area contributed by atoms with Crippen LogP contribution in [0.1, 0.15) is 30.5 Å². The van der Waals surface area contributed by atoms with E-state index in [2.05, 4.69) is 75.0 Å². The summed E-state index contributed by atoms with van der Waals surface area (Å²) in [6.45, 7) is 9.00. The zero-order valence-electron chi connectivity index (χ0n) is 16.5. The maximum absolute atomic E-state index is 6.51. The largest absolute Gasteiger partial charge is 0.450 e. The Morgan fingerprint density at radius 3 is 2.67 bits per heavy atom. The van der Waals surface area contributed by atoms with Gasteiger partial charge in [-0.15, -0.1) is 11.3 Å². The summed E-state index contributed by atoms with van der Waals surface area (Å²) in [6, 6.07) is 11.3. The molecule has 2 aromatic heterocycles. The Labute approximate surface area is 164 Å². The van der Waals surface area contributed by atoms with Gasteiger partial charge in [0.25, 0.3) is 5.69 Å². The van der Waals surface area contributed by atoms with Gasteiger partial charge in [0.05, 0.1) is 5.56 Å². The lowest BCUT2D eigenvalue weighted by atomic mass is 9.88. The lowest BCUT2D eigenvalue weighted by Gasteiger charge is -2.23.